The van der Waals surface area contributed by atoms with Gasteiger partial charge >= 0.3 is 6.61 Å². The van der Waals surface area contributed by atoms with Gasteiger partial charge in [0.15, 0.2) is 0 Å². The van der Waals surface area contributed by atoms with Crippen LogP contribution in [0.4, 0.5) is 8.78 Å². The van der Waals surface area contributed by atoms with Crippen molar-refractivity contribution >= 4 is 5.91 Å². The molecule has 1 aromatic rings. The summed E-state index contributed by atoms with van der Waals surface area (Å²) in [5.41, 5.74) is 0.857. The van der Waals surface area contributed by atoms with Gasteiger partial charge < -0.3 is 15.2 Å². The number of aryl methyl sites for hydroxylation is 1. The maximum atomic E-state index is 11.9. The number of hydrogen-bond acceptors (Lipinski definition) is 3. The molecule has 0 saturated heterocycles. The zero-order valence-corrected chi connectivity index (χ0v) is 9.73. The van der Waals surface area contributed by atoms with Crippen LogP contribution in [0.1, 0.15) is 12.0 Å². The molecule has 1 rings (SSSR count). The summed E-state index contributed by atoms with van der Waals surface area (Å²) >= 11 is 0. The summed E-state index contributed by atoms with van der Waals surface area (Å²) in [4.78, 5) is 11.2. The summed E-state index contributed by atoms with van der Waals surface area (Å²) in [5, 5.41) is 11.0. The van der Waals surface area contributed by atoms with Gasteiger partial charge in [-0.3, -0.25) is 4.79 Å². The molecule has 0 aromatic heterocycles. The van der Waals surface area contributed by atoms with Gasteiger partial charge in [-0.15, -0.1) is 0 Å². The van der Waals surface area contributed by atoms with E-state index in [1.165, 1.54) is 12.1 Å². The van der Waals surface area contributed by atoms with E-state index in [4.69, 9.17) is 5.11 Å². The van der Waals surface area contributed by atoms with E-state index < -0.39 is 6.61 Å². The van der Waals surface area contributed by atoms with Gasteiger partial charge in [0.2, 0.25) is 5.91 Å². The number of nitrogens with one attached hydrogen (secondary N) is 1. The highest BCUT2D eigenvalue weighted by atomic mass is 19.3. The SMILES string of the molecule is O=C(CCc1ccc(OC(F)F)cc1)NCCO. The molecule has 0 saturated carbocycles. The second kappa shape index (κ2) is 7.60. The van der Waals surface area contributed by atoms with E-state index in [-0.39, 0.29) is 31.2 Å². The molecule has 4 nitrogen and oxygen atoms in total. The summed E-state index contributed by atoms with van der Waals surface area (Å²) in [6.45, 7) is -2.69. The topological polar surface area (TPSA) is 58.6 Å². The summed E-state index contributed by atoms with van der Waals surface area (Å²) in [7, 11) is 0. The zero-order valence-electron chi connectivity index (χ0n) is 9.73. The van der Waals surface area contributed by atoms with E-state index in [0.717, 1.165) is 5.56 Å². The van der Waals surface area contributed by atoms with Crippen LogP contribution in [0.3, 0.4) is 0 Å². The normalized spacial score (nSPS) is 10.4. The second-order valence-electron chi connectivity index (χ2n) is 3.60. The van der Waals surface area contributed by atoms with Gasteiger partial charge in [0, 0.05) is 13.0 Å². The number of aliphatic hydroxyl groups is 1. The molecule has 100 valence electrons. The van der Waals surface area contributed by atoms with Crippen molar-refractivity contribution in [1.82, 2.24) is 5.32 Å². The van der Waals surface area contributed by atoms with Crippen molar-refractivity contribution in [2.75, 3.05) is 13.2 Å². The first-order valence-corrected chi connectivity index (χ1v) is 5.53. The molecule has 0 fully saturated rings. The third-order valence-electron chi connectivity index (χ3n) is 2.22. The van der Waals surface area contributed by atoms with Crippen molar-refractivity contribution in [3.8, 4) is 5.75 Å². The van der Waals surface area contributed by atoms with Crippen LogP contribution in [0.25, 0.3) is 0 Å². The number of ether oxygens (including phenoxy) is 1. The Bertz CT molecular complexity index is 368. The standard InChI is InChI=1S/C12H15F2NO3/c13-12(14)18-10-4-1-9(2-5-10)3-6-11(17)15-7-8-16/h1-2,4-5,12,16H,3,6-8H2,(H,15,17). The molecule has 18 heavy (non-hydrogen) atoms. The number of alkyl halides is 2. The van der Waals surface area contributed by atoms with Crippen LogP contribution in [0, 0.1) is 0 Å². The smallest absolute Gasteiger partial charge is 0.387 e. The van der Waals surface area contributed by atoms with Gasteiger partial charge in [-0.1, -0.05) is 12.1 Å². The second-order valence-corrected chi connectivity index (χ2v) is 3.60. The van der Waals surface area contributed by atoms with Crippen LogP contribution >= 0.6 is 0 Å². The van der Waals surface area contributed by atoms with Gasteiger partial charge in [-0.2, -0.15) is 8.78 Å². The first-order valence-electron chi connectivity index (χ1n) is 5.53. The monoisotopic (exact) mass is 259 g/mol. The molecule has 0 heterocycles. The third kappa shape index (κ3) is 5.58. The molecule has 0 aliphatic heterocycles. The fourth-order valence-corrected chi connectivity index (χ4v) is 1.38. The number of hydrogen-bond donors (Lipinski definition) is 2. The zero-order chi connectivity index (χ0) is 13.4. The van der Waals surface area contributed by atoms with Crippen LogP contribution in [0.2, 0.25) is 0 Å². The number of benzene rings is 1. The van der Waals surface area contributed by atoms with Crippen LogP contribution in [-0.4, -0.2) is 30.8 Å². The number of halogens is 2. The van der Waals surface area contributed by atoms with E-state index >= 15 is 0 Å². The minimum Gasteiger partial charge on any atom is -0.435 e. The van der Waals surface area contributed by atoms with Crippen LogP contribution in [-0.2, 0) is 11.2 Å². The highest BCUT2D eigenvalue weighted by Crippen LogP contribution is 2.15. The molecular weight excluding hydrogens is 244 g/mol. The third-order valence-corrected chi connectivity index (χ3v) is 2.22. The van der Waals surface area contributed by atoms with E-state index in [1.54, 1.807) is 12.1 Å². The Morgan fingerprint density at radius 3 is 2.56 bits per heavy atom. The highest BCUT2D eigenvalue weighted by Gasteiger charge is 2.05. The first kappa shape index (κ1) is 14.4. The molecule has 0 bridgehead atoms. The first-order chi connectivity index (χ1) is 8.61. The highest BCUT2D eigenvalue weighted by molar-refractivity contribution is 5.76. The lowest BCUT2D eigenvalue weighted by atomic mass is 10.1. The largest absolute Gasteiger partial charge is 0.435 e. The van der Waals surface area contributed by atoms with E-state index in [9.17, 15) is 13.6 Å². The predicted octanol–water partition coefficient (Wildman–Crippen LogP) is 1.33. The number of carbonyl (C=O) groups is 1. The van der Waals surface area contributed by atoms with Gasteiger partial charge in [0.05, 0.1) is 6.61 Å². The van der Waals surface area contributed by atoms with Crippen molar-refractivity contribution < 1.29 is 23.4 Å². The Balaban J connectivity index is 2.37. The Labute approximate surface area is 104 Å². The Morgan fingerprint density at radius 1 is 1.33 bits per heavy atom. The number of amides is 1. The molecule has 1 amide bonds. The summed E-state index contributed by atoms with van der Waals surface area (Å²) < 4.78 is 28.0. The number of aliphatic hydroxyl groups excluding tert-OH is 1. The molecule has 2 N–H and O–H groups in total. The average Bonchev–Trinajstić information content (AvgIpc) is 2.35. The molecule has 0 radical (unpaired) electrons. The molecular formula is C12H15F2NO3. The van der Waals surface area contributed by atoms with Gasteiger partial charge in [0.1, 0.15) is 5.75 Å². The predicted molar refractivity (Wildman–Crippen MR) is 61.5 cm³/mol. The van der Waals surface area contributed by atoms with Crippen LogP contribution in [0.5, 0.6) is 5.75 Å². The van der Waals surface area contributed by atoms with Crippen molar-refractivity contribution in [2.45, 2.75) is 19.5 Å². The molecule has 6 heteroatoms. The minimum atomic E-state index is -2.83. The van der Waals surface area contributed by atoms with Crippen LogP contribution in [0.15, 0.2) is 24.3 Å². The Morgan fingerprint density at radius 2 is 2.00 bits per heavy atom. The van der Waals surface area contributed by atoms with Gasteiger partial charge in [-0.05, 0) is 24.1 Å². The number of rotatable bonds is 7. The maximum absolute atomic E-state index is 11.9. The lowest BCUT2D eigenvalue weighted by Gasteiger charge is -2.06. The van der Waals surface area contributed by atoms with Crippen molar-refractivity contribution in [2.24, 2.45) is 0 Å². The molecule has 0 atom stereocenters. The maximum Gasteiger partial charge on any atom is 0.387 e. The van der Waals surface area contributed by atoms with E-state index in [1.807, 2.05) is 0 Å². The van der Waals surface area contributed by atoms with Crippen molar-refractivity contribution in [3.63, 3.8) is 0 Å². The number of carbonyl (C=O) groups excluding carboxylic acids is 1. The lowest BCUT2D eigenvalue weighted by molar-refractivity contribution is -0.121. The summed E-state index contributed by atoms with van der Waals surface area (Å²) in [6.07, 6.45) is 0.793. The van der Waals surface area contributed by atoms with Crippen molar-refractivity contribution in [1.29, 1.82) is 0 Å². The Kier molecular flexibility index (Phi) is 6.07. The van der Waals surface area contributed by atoms with E-state index in [2.05, 4.69) is 10.1 Å². The average molecular weight is 259 g/mol. The molecule has 0 aliphatic rings. The molecule has 0 unspecified atom stereocenters. The lowest BCUT2D eigenvalue weighted by Crippen LogP contribution is -2.26. The minimum absolute atomic E-state index is 0.0919. The van der Waals surface area contributed by atoms with E-state index in [0.29, 0.717) is 6.42 Å². The van der Waals surface area contributed by atoms with Crippen LogP contribution < -0.4 is 10.1 Å². The quantitative estimate of drug-likeness (QED) is 0.776. The fourth-order valence-electron chi connectivity index (χ4n) is 1.38. The summed E-state index contributed by atoms with van der Waals surface area (Å²) in [5.74, 6) is -0.0598. The molecule has 0 aliphatic carbocycles. The van der Waals surface area contributed by atoms with Crippen molar-refractivity contribution in [3.05, 3.63) is 29.8 Å². The fraction of sp³-hybridized carbons (Fsp3) is 0.417. The Hall–Kier alpha value is -1.69. The van der Waals surface area contributed by atoms with Gasteiger partial charge in [0.25, 0.3) is 0 Å². The van der Waals surface area contributed by atoms with Gasteiger partial charge in [-0.25, -0.2) is 0 Å². The molecule has 1 aromatic carbocycles. The summed E-state index contributed by atoms with van der Waals surface area (Å²) in [6, 6.07) is 6.15. The molecule has 0 spiro atoms.